The minimum atomic E-state index is -2.78. The summed E-state index contributed by atoms with van der Waals surface area (Å²) in [7, 11) is 0. The van der Waals surface area contributed by atoms with E-state index in [1.807, 2.05) is 0 Å². The molecule has 140 valence electrons. The van der Waals surface area contributed by atoms with Crippen LogP contribution in [0, 0.1) is 17.8 Å². The van der Waals surface area contributed by atoms with Gasteiger partial charge in [-0.3, -0.25) is 4.79 Å². The van der Waals surface area contributed by atoms with Gasteiger partial charge in [-0.2, -0.15) is 0 Å². The van der Waals surface area contributed by atoms with E-state index in [2.05, 4.69) is 9.80 Å². The molecule has 2 aliphatic carbocycles. The molecule has 2 saturated heterocycles. The van der Waals surface area contributed by atoms with Gasteiger partial charge in [0.1, 0.15) is 11.6 Å². The van der Waals surface area contributed by atoms with Crippen LogP contribution in [0.4, 0.5) is 20.4 Å². The highest BCUT2D eigenvalue weighted by Crippen LogP contribution is 2.55. The van der Waals surface area contributed by atoms with E-state index in [9.17, 15) is 13.6 Å². The number of pyridine rings is 1. The van der Waals surface area contributed by atoms with Gasteiger partial charge in [0.25, 0.3) is 5.92 Å². The van der Waals surface area contributed by atoms with Crippen molar-refractivity contribution in [2.24, 2.45) is 17.8 Å². The van der Waals surface area contributed by atoms with E-state index in [0.717, 1.165) is 44.0 Å². The topological polar surface area (TPSA) is 56.7 Å². The van der Waals surface area contributed by atoms with Crippen LogP contribution in [0.1, 0.15) is 36.8 Å². The lowest BCUT2D eigenvalue weighted by Crippen LogP contribution is -2.40. The van der Waals surface area contributed by atoms with Crippen LogP contribution in [0.2, 0.25) is 0 Å². The normalized spacial score (nSPS) is 31.2. The van der Waals surface area contributed by atoms with Crippen LogP contribution >= 0.6 is 0 Å². The molecular weight excluding hydrogens is 340 g/mol. The SMILES string of the molecule is O=C(O)C[C@@H]1[C@H]2CN(c3cc4c(c(N5CCC5)n3)CCCC4(F)F)C[C@@H]12. The fraction of sp³-hybridized carbons (Fsp3) is 0.684. The summed E-state index contributed by atoms with van der Waals surface area (Å²) in [4.78, 5) is 19.9. The number of hydrogen-bond donors (Lipinski definition) is 1. The summed E-state index contributed by atoms with van der Waals surface area (Å²) in [6.07, 6.45) is 2.40. The van der Waals surface area contributed by atoms with Gasteiger partial charge in [0, 0.05) is 50.1 Å². The highest BCUT2D eigenvalue weighted by Gasteiger charge is 2.56. The number of alkyl halides is 2. The Morgan fingerprint density at radius 2 is 1.96 bits per heavy atom. The fourth-order valence-corrected chi connectivity index (χ4v) is 5.03. The maximum atomic E-state index is 14.6. The average molecular weight is 363 g/mol. The van der Waals surface area contributed by atoms with Crippen molar-refractivity contribution in [2.45, 2.75) is 38.0 Å². The summed E-state index contributed by atoms with van der Waals surface area (Å²) in [6.45, 7) is 3.25. The number of carboxylic acid groups (broad SMARTS) is 1. The first kappa shape index (κ1) is 16.3. The second kappa shape index (κ2) is 5.54. The molecule has 26 heavy (non-hydrogen) atoms. The minimum absolute atomic E-state index is 0.0885. The van der Waals surface area contributed by atoms with Gasteiger partial charge >= 0.3 is 5.97 Å². The van der Waals surface area contributed by atoms with Crippen LogP contribution in [0.25, 0.3) is 0 Å². The van der Waals surface area contributed by atoms with Crippen molar-refractivity contribution < 1.29 is 18.7 Å². The monoisotopic (exact) mass is 363 g/mol. The first-order chi connectivity index (χ1) is 12.4. The molecule has 7 heteroatoms. The third-order valence-corrected chi connectivity index (χ3v) is 6.66. The zero-order valence-corrected chi connectivity index (χ0v) is 14.6. The van der Waals surface area contributed by atoms with Crippen LogP contribution in [0.5, 0.6) is 0 Å². The van der Waals surface area contributed by atoms with E-state index in [-0.39, 0.29) is 24.3 Å². The summed E-state index contributed by atoms with van der Waals surface area (Å²) in [5.74, 6) is -1.13. The largest absolute Gasteiger partial charge is 0.481 e. The van der Waals surface area contributed by atoms with Crippen molar-refractivity contribution in [3.8, 4) is 0 Å². The third-order valence-electron chi connectivity index (χ3n) is 6.66. The number of carboxylic acids is 1. The van der Waals surface area contributed by atoms with Crippen molar-refractivity contribution in [3.63, 3.8) is 0 Å². The van der Waals surface area contributed by atoms with E-state index in [1.54, 1.807) is 6.07 Å². The Bertz CT molecular complexity index is 753. The molecule has 3 heterocycles. The van der Waals surface area contributed by atoms with Crippen molar-refractivity contribution in [3.05, 3.63) is 17.2 Å². The lowest BCUT2D eigenvalue weighted by molar-refractivity contribution is -0.137. The second-order valence-electron chi connectivity index (χ2n) is 8.22. The Labute approximate surface area is 151 Å². The number of carbonyl (C=O) groups is 1. The van der Waals surface area contributed by atoms with E-state index in [1.165, 1.54) is 0 Å². The smallest absolute Gasteiger partial charge is 0.303 e. The Morgan fingerprint density at radius 1 is 1.23 bits per heavy atom. The number of fused-ring (bicyclic) bond motifs is 2. The van der Waals surface area contributed by atoms with Crippen molar-refractivity contribution in [2.75, 3.05) is 36.0 Å². The number of aliphatic carboxylic acids is 1. The van der Waals surface area contributed by atoms with Crippen LogP contribution in [0.15, 0.2) is 6.07 Å². The summed E-state index contributed by atoms with van der Waals surface area (Å²) in [5, 5.41) is 8.97. The van der Waals surface area contributed by atoms with E-state index < -0.39 is 11.9 Å². The molecule has 5 rings (SSSR count). The van der Waals surface area contributed by atoms with E-state index in [4.69, 9.17) is 10.1 Å². The van der Waals surface area contributed by atoms with Crippen molar-refractivity contribution in [1.29, 1.82) is 0 Å². The molecule has 0 bridgehead atoms. The van der Waals surface area contributed by atoms with Gasteiger partial charge in [-0.25, -0.2) is 13.8 Å². The molecule has 0 spiro atoms. The number of rotatable bonds is 4. The Kier molecular flexibility index (Phi) is 3.46. The molecule has 3 atom stereocenters. The highest BCUT2D eigenvalue weighted by atomic mass is 19.3. The average Bonchev–Trinajstić information content (AvgIpc) is 2.97. The quantitative estimate of drug-likeness (QED) is 0.891. The van der Waals surface area contributed by atoms with E-state index >= 15 is 0 Å². The molecule has 1 saturated carbocycles. The van der Waals surface area contributed by atoms with E-state index in [0.29, 0.717) is 30.5 Å². The Morgan fingerprint density at radius 3 is 2.58 bits per heavy atom. The first-order valence-electron chi connectivity index (χ1n) is 9.58. The van der Waals surface area contributed by atoms with Gasteiger partial charge < -0.3 is 14.9 Å². The standard InChI is InChI=1S/C19H23F2N3O2/c20-19(21)4-1-3-11-15(19)8-16(22-18(11)23-5-2-6-23)24-9-13-12(7-17(25)26)14(13)10-24/h8,12-14H,1-7,9-10H2,(H,25,26)/t12-,13-,14+. The Hall–Kier alpha value is -1.92. The van der Waals surface area contributed by atoms with Crippen LogP contribution in [-0.4, -0.2) is 42.2 Å². The van der Waals surface area contributed by atoms with Crippen LogP contribution < -0.4 is 9.80 Å². The van der Waals surface area contributed by atoms with Crippen molar-refractivity contribution in [1.82, 2.24) is 4.98 Å². The molecule has 0 amide bonds. The van der Waals surface area contributed by atoms with Gasteiger partial charge in [0.05, 0.1) is 0 Å². The molecule has 4 aliphatic rings. The maximum Gasteiger partial charge on any atom is 0.303 e. The van der Waals surface area contributed by atoms with Crippen LogP contribution in [0.3, 0.4) is 0 Å². The number of nitrogens with zero attached hydrogens (tertiary/aromatic N) is 3. The lowest BCUT2D eigenvalue weighted by atomic mass is 9.88. The van der Waals surface area contributed by atoms with Gasteiger partial charge in [-0.15, -0.1) is 0 Å². The molecule has 0 radical (unpaired) electrons. The zero-order valence-electron chi connectivity index (χ0n) is 14.6. The number of piperidine rings is 1. The fourth-order valence-electron chi connectivity index (χ4n) is 5.03. The van der Waals surface area contributed by atoms with Gasteiger partial charge in [-0.05, 0) is 43.1 Å². The number of aromatic nitrogens is 1. The zero-order chi connectivity index (χ0) is 18.1. The third kappa shape index (κ3) is 2.47. The molecular formula is C19H23F2N3O2. The molecule has 0 unspecified atom stereocenters. The molecule has 1 N–H and O–H groups in total. The predicted molar refractivity (Wildman–Crippen MR) is 92.8 cm³/mol. The van der Waals surface area contributed by atoms with Gasteiger partial charge in [0.15, 0.2) is 0 Å². The molecule has 0 aromatic carbocycles. The van der Waals surface area contributed by atoms with Gasteiger partial charge in [-0.1, -0.05) is 0 Å². The lowest BCUT2D eigenvalue weighted by Gasteiger charge is -2.37. The molecule has 2 aliphatic heterocycles. The summed E-state index contributed by atoms with van der Waals surface area (Å²) < 4.78 is 29.2. The number of anilines is 2. The first-order valence-corrected chi connectivity index (χ1v) is 9.58. The Balaban J connectivity index is 1.44. The molecule has 3 fully saturated rings. The second-order valence-corrected chi connectivity index (χ2v) is 8.22. The van der Waals surface area contributed by atoms with Gasteiger partial charge in [0.2, 0.25) is 0 Å². The molecule has 5 nitrogen and oxygen atoms in total. The molecule has 1 aromatic heterocycles. The summed E-state index contributed by atoms with van der Waals surface area (Å²) in [5.41, 5.74) is 0.899. The highest BCUT2D eigenvalue weighted by molar-refractivity contribution is 5.68. The maximum absolute atomic E-state index is 14.6. The number of hydrogen-bond acceptors (Lipinski definition) is 4. The van der Waals surface area contributed by atoms with Crippen molar-refractivity contribution >= 4 is 17.6 Å². The molecule has 1 aromatic rings. The minimum Gasteiger partial charge on any atom is -0.481 e. The summed E-state index contributed by atoms with van der Waals surface area (Å²) in [6, 6.07) is 1.61. The predicted octanol–water partition coefficient (Wildman–Crippen LogP) is 2.88. The number of halogens is 2. The van der Waals surface area contributed by atoms with Crippen LogP contribution in [-0.2, 0) is 17.1 Å². The summed E-state index contributed by atoms with van der Waals surface area (Å²) >= 11 is 0.